The molecule has 118 valence electrons. The minimum atomic E-state index is -0.292. The predicted molar refractivity (Wildman–Crippen MR) is 105 cm³/mol. The fourth-order valence-electron chi connectivity index (χ4n) is 2.20. The van der Waals surface area contributed by atoms with E-state index in [9.17, 15) is 0 Å². The highest BCUT2D eigenvalue weighted by atomic mass is 127. The Morgan fingerprint density at radius 1 is 0.773 bits per heavy atom. The number of benzene rings is 2. The topological polar surface area (TPSA) is 70.5 Å². The van der Waals surface area contributed by atoms with E-state index in [-0.39, 0.29) is 12.1 Å². The summed E-state index contributed by atoms with van der Waals surface area (Å²) in [7, 11) is 3.30. The van der Waals surface area contributed by atoms with Gasteiger partial charge < -0.3 is 20.9 Å². The first-order valence-corrected chi connectivity index (χ1v) is 8.81. The lowest BCUT2D eigenvalue weighted by molar-refractivity contribution is 0.413. The van der Waals surface area contributed by atoms with Gasteiger partial charge in [0, 0.05) is 7.14 Å². The van der Waals surface area contributed by atoms with E-state index in [1.54, 1.807) is 14.2 Å². The summed E-state index contributed by atoms with van der Waals surface area (Å²) in [5, 5.41) is 0. The third-order valence-electron chi connectivity index (χ3n) is 3.52. The van der Waals surface area contributed by atoms with Crippen LogP contribution in [0.25, 0.3) is 0 Å². The minimum absolute atomic E-state index is 0.292. The van der Waals surface area contributed by atoms with Crippen molar-refractivity contribution in [3.63, 3.8) is 0 Å². The number of ether oxygens (including phenoxy) is 2. The number of rotatable bonds is 5. The Hall–Kier alpha value is -0.580. The van der Waals surface area contributed by atoms with Gasteiger partial charge in [-0.15, -0.1) is 0 Å². The molecule has 0 unspecified atom stereocenters. The number of nitrogens with two attached hydrogens (primary N) is 2. The van der Waals surface area contributed by atoms with Gasteiger partial charge in [-0.3, -0.25) is 0 Å². The van der Waals surface area contributed by atoms with Crippen LogP contribution in [0, 0.1) is 7.14 Å². The van der Waals surface area contributed by atoms with Crippen molar-refractivity contribution in [2.45, 2.75) is 12.1 Å². The van der Waals surface area contributed by atoms with Gasteiger partial charge in [0.05, 0.1) is 26.3 Å². The zero-order valence-electron chi connectivity index (χ0n) is 12.3. The standard InChI is InChI=1S/C16H18I2N2O2/c1-21-9-3-5-11(13(17)7-9)15(19)16(20)12-6-4-10(22-2)8-14(12)18/h3-8,15-16H,19-20H2,1-2H3/t15-,16+. The second-order valence-corrected chi connectivity index (χ2v) is 7.15. The Morgan fingerprint density at radius 2 is 1.14 bits per heavy atom. The lowest BCUT2D eigenvalue weighted by Crippen LogP contribution is -2.27. The second kappa shape index (κ2) is 7.80. The zero-order valence-corrected chi connectivity index (χ0v) is 16.7. The monoisotopic (exact) mass is 524 g/mol. The highest BCUT2D eigenvalue weighted by molar-refractivity contribution is 14.1. The van der Waals surface area contributed by atoms with Crippen LogP contribution in [0.1, 0.15) is 23.2 Å². The van der Waals surface area contributed by atoms with Crippen LogP contribution in [0.2, 0.25) is 0 Å². The quantitative estimate of drug-likeness (QED) is 0.587. The van der Waals surface area contributed by atoms with E-state index in [2.05, 4.69) is 45.2 Å². The van der Waals surface area contributed by atoms with Crippen LogP contribution in [-0.4, -0.2) is 14.2 Å². The summed E-state index contributed by atoms with van der Waals surface area (Å²) >= 11 is 4.52. The summed E-state index contributed by atoms with van der Waals surface area (Å²) in [6.07, 6.45) is 0. The molecule has 0 aromatic heterocycles. The molecule has 0 amide bonds. The second-order valence-electron chi connectivity index (χ2n) is 4.83. The number of hydrogen-bond acceptors (Lipinski definition) is 4. The summed E-state index contributed by atoms with van der Waals surface area (Å²) in [5.41, 5.74) is 14.8. The smallest absolute Gasteiger partial charge is 0.119 e. The van der Waals surface area contributed by atoms with Crippen LogP contribution in [-0.2, 0) is 0 Å². The molecule has 0 saturated heterocycles. The molecule has 22 heavy (non-hydrogen) atoms. The van der Waals surface area contributed by atoms with E-state index in [0.717, 1.165) is 29.8 Å². The predicted octanol–water partition coefficient (Wildman–Crippen LogP) is 3.61. The maximum atomic E-state index is 6.40. The number of methoxy groups -OCH3 is 2. The fourth-order valence-corrected chi connectivity index (χ4v) is 3.89. The van der Waals surface area contributed by atoms with Crippen molar-refractivity contribution in [1.82, 2.24) is 0 Å². The SMILES string of the molecule is COc1ccc([C@@H](N)[C@@H](N)c2ccc(OC)cc2I)c(I)c1. The molecule has 2 rings (SSSR count). The maximum Gasteiger partial charge on any atom is 0.119 e. The molecule has 6 heteroatoms. The van der Waals surface area contributed by atoms with E-state index in [1.165, 1.54) is 0 Å². The van der Waals surface area contributed by atoms with E-state index < -0.39 is 0 Å². The molecule has 2 aromatic carbocycles. The lowest BCUT2D eigenvalue weighted by Gasteiger charge is -2.23. The zero-order chi connectivity index (χ0) is 16.3. The first-order valence-electron chi connectivity index (χ1n) is 6.66. The average Bonchev–Trinajstić information content (AvgIpc) is 2.53. The number of halogens is 2. The first-order chi connectivity index (χ1) is 10.5. The van der Waals surface area contributed by atoms with Crippen LogP contribution in [0.5, 0.6) is 11.5 Å². The summed E-state index contributed by atoms with van der Waals surface area (Å²) in [6.45, 7) is 0. The molecule has 0 saturated carbocycles. The lowest BCUT2D eigenvalue weighted by atomic mass is 9.95. The van der Waals surface area contributed by atoms with Gasteiger partial charge in [0.2, 0.25) is 0 Å². The molecule has 0 aliphatic carbocycles. The van der Waals surface area contributed by atoms with Gasteiger partial charge in [0.1, 0.15) is 11.5 Å². The van der Waals surface area contributed by atoms with Crippen molar-refractivity contribution in [1.29, 1.82) is 0 Å². The Bertz CT molecular complexity index is 607. The van der Waals surface area contributed by atoms with Crippen molar-refractivity contribution in [2.24, 2.45) is 11.5 Å². The Labute approximate surface area is 157 Å². The molecule has 2 aromatic rings. The molecule has 0 fully saturated rings. The molecule has 0 aliphatic heterocycles. The molecule has 0 heterocycles. The van der Waals surface area contributed by atoms with Gasteiger partial charge in [-0.25, -0.2) is 0 Å². The van der Waals surface area contributed by atoms with Crippen LogP contribution in [0.3, 0.4) is 0 Å². The Balaban J connectivity index is 2.30. The summed E-state index contributed by atoms with van der Waals surface area (Å²) < 4.78 is 12.5. The van der Waals surface area contributed by atoms with Crippen LogP contribution in [0.4, 0.5) is 0 Å². The van der Waals surface area contributed by atoms with Gasteiger partial charge in [0.15, 0.2) is 0 Å². The molecule has 0 spiro atoms. The molecule has 4 N–H and O–H groups in total. The van der Waals surface area contributed by atoms with E-state index in [1.807, 2.05) is 36.4 Å². The van der Waals surface area contributed by atoms with Gasteiger partial charge in [-0.2, -0.15) is 0 Å². The van der Waals surface area contributed by atoms with Crippen LogP contribution < -0.4 is 20.9 Å². The highest BCUT2D eigenvalue weighted by Crippen LogP contribution is 2.33. The molecular formula is C16H18I2N2O2. The van der Waals surface area contributed by atoms with Crippen LogP contribution >= 0.6 is 45.2 Å². The van der Waals surface area contributed by atoms with Gasteiger partial charge in [-0.05, 0) is 80.6 Å². The summed E-state index contributed by atoms with van der Waals surface area (Å²) in [5.74, 6) is 1.63. The maximum absolute atomic E-state index is 6.40. The molecule has 0 aliphatic rings. The van der Waals surface area contributed by atoms with Crippen LogP contribution in [0.15, 0.2) is 36.4 Å². The van der Waals surface area contributed by atoms with Gasteiger partial charge in [0.25, 0.3) is 0 Å². The third kappa shape index (κ3) is 3.84. The molecule has 0 radical (unpaired) electrons. The van der Waals surface area contributed by atoms with Crippen molar-refractivity contribution >= 4 is 45.2 Å². The summed E-state index contributed by atoms with van der Waals surface area (Å²) in [6, 6.07) is 11.1. The van der Waals surface area contributed by atoms with Crippen molar-refractivity contribution < 1.29 is 9.47 Å². The van der Waals surface area contributed by atoms with Crippen molar-refractivity contribution in [3.05, 3.63) is 54.7 Å². The normalized spacial score (nSPS) is 13.5. The Kier molecular flexibility index (Phi) is 6.30. The highest BCUT2D eigenvalue weighted by Gasteiger charge is 2.22. The number of hydrogen-bond donors (Lipinski definition) is 2. The largest absolute Gasteiger partial charge is 0.497 e. The van der Waals surface area contributed by atoms with E-state index in [0.29, 0.717) is 0 Å². The minimum Gasteiger partial charge on any atom is -0.497 e. The molecule has 0 bridgehead atoms. The molecule has 4 nitrogen and oxygen atoms in total. The van der Waals surface area contributed by atoms with E-state index in [4.69, 9.17) is 20.9 Å². The van der Waals surface area contributed by atoms with E-state index >= 15 is 0 Å². The molecule has 2 atom stereocenters. The molecular weight excluding hydrogens is 506 g/mol. The van der Waals surface area contributed by atoms with Crippen molar-refractivity contribution in [2.75, 3.05) is 14.2 Å². The summed E-state index contributed by atoms with van der Waals surface area (Å²) in [4.78, 5) is 0. The average molecular weight is 524 g/mol. The fraction of sp³-hybridized carbons (Fsp3) is 0.250. The Morgan fingerprint density at radius 3 is 1.41 bits per heavy atom. The first kappa shape index (κ1) is 17.8. The van der Waals surface area contributed by atoms with Gasteiger partial charge in [-0.1, -0.05) is 12.1 Å². The third-order valence-corrected chi connectivity index (χ3v) is 5.39. The van der Waals surface area contributed by atoms with Crippen molar-refractivity contribution in [3.8, 4) is 11.5 Å². The van der Waals surface area contributed by atoms with Gasteiger partial charge >= 0.3 is 0 Å².